The zero-order chi connectivity index (χ0) is 24.2. The molecule has 0 saturated carbocycles. The van der Waals surface area contributed by atoms with Crippen molar-refractivity contribution in [1.29, 1.82) is 0 Å². The number of benzene rings is 3. The number of anilines is 1. The van der Waals surface area contributed by atoms with Gasteiger partial charge in [0.2, 0.25) is 10.0 Å². The number of hydrogen-bond acceptors (Lipinski definition) is 3. The average Bonchev–Trinajstić information content (AvgIpc) is 2.76. The van der Waals surface area contributed by atoms with Crippen LogP contribution in [0.3, 0.4) is 0 Å². The normalized spacial score (nSPS) is 12.3. The first-order valence-corrected chi connectivity index (χ1v) is 13.1. The van der Waals surface area contributed by atoms with E-state index in [1.807, 2.05) is 19.1 Å². The van der Waals surface area contributed by atoms with Gasteiger partial charge in [0.1, 0.15) is 0 Å². The summed E-state index contributed by atoms with van der Waals surface area (Å²) >= 11 is 12.1. The number of carbonyl (C=O) groups excluding carboxylic acids is 1. The van der Waals surface area contributed by atoms with Crippen LogP contribution in [0.1, 0.15) is 46.9 Å². The molecule has 1 atom stereocenters. The predicted octanol–water partition coefficient (Wildman–Crippen LogP) is 6.01. The number of aryl methyl sites for hydroxylation is 1. The highest BCUT2D eigenvalue weighted by molar-refractivity contribution is 7.92. The molecule has 174 valence electrons. The van der Waals surface area contributed by atoms with Crippen LogP contribution in [-0.4, -0.2) is 20.6 Å². The Hall–Kier alpha value is -2.54. The Balaban J connectivity index is 1.73. The molecule has 8 heteroatoms. The molecule has 0 aliphatic heterocycles. The van der Waals surface area contributed by atoms with Gasteiger partial charge in [-0.15, -0.1) is 0 Å². The highest BCUT2D eigenvalue weighted by Crippen LogP contribution is 2.28. The summed E-state index contributed by atoms with van der Waals surface area (Å²) in [6.07, 6.45) is 2.09. The van der Waals surface area contributed by atoms with Crippen molar-refractivity contribution in [2.45, 2.75) is 32.9 Å². The summed E-state index contributed by atoms with van der Waals surface area (Å²) in [5.41, 5.74) is 3.86. The van der Waals surface area contributed by atoms with Gasteiger partial charge >= 0.3 is 0 Å². The van der Waals surface area contributed by atoms with Crippen molar-refractivity contribution >= 4 is 44.8 Å². The zero-order valence-corrected chi connectivity index (χ0v) is 21.0. The highest BCUT2D eigenvalue weighted by atomic mass is 35.5. The van der Waals surface area contributed by atoms with Crippen LogP contribution < -0.4 is 9.62 Å². The lowest BCUT2D eigenvalue weighted by Crippen LogP contribution is -2.29. The Labute approximate surface area is 205 Å². The Kier molecular flexibility index (Phi) is 8.05. The lowest BCUT2D eigenvalue weighted by atomic mass is 10.0. The van der Waals surface area contributed by atoms with Gasteiger partial charge in [-0.3, -0.25) is 9.10 Å². The number of amides is 1. The van der Waals surface area contributed by atoms with E-state index in [2.05, 4.69) is 24.4 Å². The second kappa shape index (κ2) is 10.6. The standard InChI is InChI=1S/C25H26Cl2N2O3S/c1-4-18-5-9-20(10-6-18)17(2)28-25(30)21-11-7-19(8-12-21)16-29(33(3,31)32)24-14-22(26)13-23(27)15-24/h5-15,17H,4,16H2,1-3H3,(H,28,30)/t17-/m0/s1. The van der Waals surface area contributed by atoms with Gasteiger partial charge in [-0.05, 0) is 60.4 Å². The summed E-state index contributed by atoms with van der Waals surface area (Å²) in [6.45, 7) is 4.12. The monoisotopic (exact) mass is 504 g/mol. The first kappa shape index (κ1) is 25.1. The van der Waals surface area contributed by atoms with E-state index in [0.717, 1.165) is 23.8 Å². The third kappa shape index (κ3) is 6.73. The molecule has 3 rings (SSSR count). The van der Waals surface area contributed by atoms with Crippen molar-refractivity contribution < 1.29 is 13.2 Å². The Morgan fingerprint density at radius 1 is 0.939 bits per heavy atom. The largest absolute Gasteiger partial charge is 0.346 e. The zero-order valence-electron chi connectivity index (χ0n) is 18.7. The molecule has 1 amide bonds. The van der Waals surface area contributed by atoms with E-state index in [1.165, 1.54) is 9.87 Å². The first-order valence-electron chi connectivity index (χ1n) is 10.5. The molecule has 0 unspecified atom stereocenters. The SMILES string of the molecule is CCc1ccc([C@H](C)NC(=O)c2ccc(CN(c3cc(Cl)cc(Cl)c3)S(C)(=O)=O)cc2)cc1. The van der Waals surface area contributed by atoms with Crippen molar-refractivity contribution in [1.82, 2.24) is 5.32 Å². The molecule has 0 heterocycles. The molecule has 0 fully saturated rings. The van der Waals surface area contributed by atoms with Crippen LogP contribution in [0.15, 0.2) is 66.7 Å². The topological polar surface area (TPSA) is 66.5 Å². The van der Waals surface area contributed by atoms with Gasteiger partial charge in [0.25, 0.3) is 5.91 Å². The lowest BCUT2D eigenvalue weighted by molar-refractivity contribution is 0.0940. The number of sulfonamides is 1. The van der Waals surface area contributed by atoms with Gasteiger partial charge < -0.3 is 5.32 Å². The summed E-state index contributed by atoms with van der Waals surface area (Å²) in [6, 6.07) is 19.5. The molecule has 3 aromatic rings. The minimum atomic E-state index is -3.59. The van der Waals surface area contributed by atoms with Crippen molar-refractivity contribution in [3.63, 3.8) is 0 Å². The van der Waals surface area contributed by atoms with E-state index < -0.39 is 10.0 Å². The summed E-state index contributed by atoms with van der Waals surface area (Å²) in [4.78, 5) is 12.7. The van der Waals surface area contributed by atoms with E-state index in [-0.39, 0.29) is 18.5 Å². The van der Waals surface area contributed by atoms with Gasteiger partial charge in [0, 0.05) is 15.6 Å². The molecule has 0 spiro atoms. The minimum absolute atomic E-state index is 0.0809. The van der Waals surface area contributed by atoms with Crippen molar-refractivity contribution in [3.05, 3.63) is 99.0 Å². The molecule has 0 aliphatic carbocycles. The summed E-state index contributed by atoms with van der Waals surface area (Å²) in [5.74, 6) is -0.199. The smallest absolute Gasteiger partial charge is 0.251 e. The van der Waals surface area contributed by atoms with Crippen LogP contribution in [0.5, 0.6) is 0 Å². The molecular weight excluding hydrogens is 479 g/mol. The van der Waals surface area contributed by atoms with Crippen molar-refractivity contribution in [2.24, 2.45) is 0 Å². The van der Waals surface area contributed by atoms with Crippen LogP contribution in [0.4, 0.5) is 5.69 Å². The summed E-state index contributed by atoms with van der Waals surface area (Å²) < 4.78 is 26.0. The number of halogens is 2. The van der Waals surface area contributed by atoms with E-state index in [1.54, 1.807) is 42.5 Å². The molecule has 33 heavy (non-hydrogen) atoms. The maximum absolute atomic E-state index is 12.7. The molecule has 0 saturated heterocycles. The maximum atomic E-state index is 12.7. The predicted molar refractivity (Wildman–Crippen MR) is 136 cm³/mol. The second-order valence-electron chi connectivity index (χ2n) is 7.88. The van der Waals surface area contributed by atoms with Crippen molar-refractivity contribution in [2.75, 3.05) is 10.6 Å². The van der Waals surface area contributed by atoms with Crippen molar-refractivity contribution in [3.8, 4) is 0 Å². The van der Waals surface area contributed by atoms with Crippen LogP contribution in [0, 0.1) is 0 Å². The number of hydrogen-bond donors (Lipinski definition) is 1. The summed E-state index contributed by atoms with van der Waals surface area (Å²) in [7, 11) is -3.59. The molecule has 0 bridgehead atoms. The molecule has 3 aromatic carbocycles. The maximum Gasteiger partial charge on any atom is 0.251 e. The number of carbonyl (C=O) groups is 1. The van der Waals surface area contributed by atoms with E-state index in [9.17, 15) is 13.2 Å². The Bertz CT molecular complexity index is 1210. The first-order chi connectivity index (χ1) is 15.6. The average molecular weight is 505 g/mol. The fourth-order valence-electron chi connectivity index (χ4n) is 3.42. The Morgan fingerprint density at radius 3 is 2.00 bits per heavy atom. The number of rotatable bonds is 8. The van der Waals surface area contributed by atoms with Gasteiger partial charge in [-0.25, -0.2) is 8.42 Å². The van der Waals surface area contributed by atoms with E-state index >= 15 is 0 Å². The summed E-state index contributed by atoms with van der Waals surface area (Å²) in [5, 5.41) is 3.69. The third-order valence-corrected chi connectivity index (χ3v) is 6.89. The third-order valence-electron chi connectivity index (χ3n) is 5.31. The minimum Gasteiger partial charge on any atom is -0.346 e. The Morgan fingerprint density at radius 2 is 1.48 bits per heavy atom. The van der Waals surface area contributed by atoms with Crippen LogP contribution >= 0.6 is 23.2 Å². The molecule has 5 nitrogen and oxygen atoms in total. The van der Waals surface area contributed by atoms with E-state index in [4.69, 9.17) is 23.2 Å². The van der Waals surface area contributed by atoms with Gasteiger partial charge in [0.15, 0.2) is 0 Å². The number of nitrogens with one attached hydrogen (secondary N) is 1. The second-order valence-corrected chi connectivity index (χ2v) is 10.7. The molecule has 0 radical (unpaired) electrons. The van der Waals surface area contributed by atoms with Gasteiger partial charge in [0.05, 0.1) is 24.5 Å². The quantitative estimate of drug-likeness (QED) is 0.408. The molecule has 0 aromatic heterocycles. The van der Waals surface area contributed by atoms with Crippen LogP contribution in [0.2, 0.25) is 10.0 Å². The molecule has 1 N–H and O–H groups in total. The fraction of sp³-hybridized carbons (Fsp3) is 0.240. The number of nitrogens with zero attached hydrogens (tertiary/aromatic N) is 1. The van der Waals surface area contributed by atoms with Crippen LogP contribution in [-0.2, 0) is 23.0 Å². The van der Waals surface area contributed by atoms with E-state index in [0.29, 0.717) is 21.3 Å². The highest BCUT2D eigenvalue weighted by Gasteiger charge is 2.19. The molecular formula is C25H26Cl2N2O3S. The fourth-order valence-corrected chi connectivity index (χ4v) is 4.80. The lowest BCUT2D eigenvalue weighted by Gasteiger charge is -2.23. The van der Waals surface area contributed by atoms with Gasteiger partial charge in [-0.2, -0.15) is 0 Å². The van der Waals surface area contributed by atoms with Gasteiger partial charge in [-0.1, -0.05) is 66.5 Å². The van der Waals surface area contributed by atoms with Crippen LogP contribution in [0.25, 0.3) is 0 Å². The molecule has 0 aliphatic rings.